The molecule has 7 nitrogen and oxygen atoms in total. The lowest BCUT2D eigenvalue weighted by Crippen LogP contribution is -2.51. The zero-order valence-electron chi connectivity index (χ0n) is 22.2. The Morgan fingerprint density at radius 2 is 1.84 bits per heavy atom. The molecular weight excluding hydrogens is 478 g/mol. The minimum absolute atomic E-state index is 0.0806. The van der Waals surface area contributed by atoms with Crippen LogP contribution >= 0.6 is 0 Å². The van der Waals surface area contributed by atoms with Gasteiger partial charge in [-0.15, -0.1) is 0 Å². The van der Waals surface area contributed by atoms with Gasteiger partial charge in [0.25, 0.3) is 5.91 Å². The number of benzene rings is 2. The summed E-state index contributed by atoms with van der Waals surface area (Å²) in [6, 6.07) is 21.4. The molecule has 1 saturated carbocycles. The van der Waals surface area contributed by atoms with Gasteiger partial charge in [0, 0.05) is 37.2 Å². The number of cyclic esters (lactones) is 1. The fourth-order valence-electron chi connectivity index (χ4n) is 5.20. The number of aliphatic hydroxyl groups is 1. The molecule has 1 aliphatic heterocycles. The topological polar surface area (TPSA) is 91.8 Å². The predicted molar refractivity (Wildman–Crippen MR) is 145 cm³/mol. The van der Waals surface area contributed by atoms with E-state index in [1.165, 1.54) is 0 Å². The summed E-state index contributed by atoms with van der Waals surface area (Å²) in [5.74, 6) is -0.0806. The maximum Gasteiger partial charge on any atom is 0.411 e. The van der Waals surface area contributed by atoms with Crippen LogP contribution in [0.25, 0.3) is 11.3 Å². The molecule has 198 valence electrons. The van der Waals surface area contributed by atoms with Crippen LogP contribution in [0.4, 0.5) is 4.79 Å². The van der Waals surface area contributed by atoms with Gasteiger partial charge in [-0.2, -0.15) is 0 Å². The fourth-order valence-corrected chi connectivity index (χ4v) is 5.20. The van der Waals surface area contributed by atoms with Crippen LogP contribution < -0.4 is 5.32 Å². The van der Waals surface area contributed by atoms with Gasteiger partial charge in [0.1, 0.15) is 5.60 Å². The number of carbonyl (C=O) groups excluding carboxylic acids is 2. The molecule has 0 unspecified atom stereocenters. The molecule has 5 rings (SSSR count). The number of carbonyl (C=O) groups is 2. The zero-order valence-corrected chi connectivity index (χ0v) is 22.2. The third kappa shape index (κ3) is 5.73. The van der Waals surface area contributed by atoms with Crippen molar-refractivity contribution >= 4 is 12.0 Å². The van der Waals surface area contributed by atoms with Crippen LogP contribution in [0.3, 0.4) is 0 Å². The van der Waals surface area contributed by atoms with E-state index in [4.69, 9.17) is 4.74 Å². The molecule has 0 spiro atoms. The van der Waals surface area contributed by atoms with E-state index in [0.29, 0.717) is 31.0 Å². The van der Waals surface area contributed by atoms with Gasteiger partial charge in [0.2, 0.25) is 0 Å². The Bertz CT molecular complexity index is 1280. The van der Waals surface area contributed by atoms with Gasteiger partial charge in [0.05, 0.1) is 22.9 Å². The van der Waals surface area contributed by atoms with Crippen molar-refractivity contribution in [2.24, 2.45) is 0 Å². The second kappa shape index (κ2) is 10.2. The Balaban J connectivity index is 1.28. The van der Waals surface area contributed by atoms with Crippen molar-refractivity contribution < 1.29 is 19.4 Å². The Morgan fingerprint density at radius 1 is 1.13 bits per heavy atom. The van der Waals surface area contributed by atoms with E-state index in [1.807, 2.05) is 67.6 Å². The number of pyridine rings is 1. The van der Waals surface area contributed by atoms with Crippen molar-refractivity contribution in [1.82, 2.24) is 15.2 Å². The lowest BCUT2D eigenvalue weighted by molar-refractivity contribution is -0.101. The second-order valence-corrected chi connectivity index (χ2v) is 11.1. The first-order valence-electron chi connectivity index (χ1n) is 13.3. The van der Waals surface area contributed by atoms with Crippen molar-refractivity contribution in [3.05, 3.63) is 89.6 Å². The third-order valence-electron chi connectivity index (χ3n) is 7.39. The fraction of sp³-hybridized carbons (Fsp3) is 0.387. The number of hydrogen-bond acceptors (Lipinski definition) is 5. The van der Waals surface area contributed by atoms with E-state index in [0.717, 1.165) is 35.2 Å². The highest BCUT2D eigenvalue weighted by Crippen LogP contribution is 2.42. The van der Waals surface area contributed by atoms with Gasteiger partial charge in [-0.1, -0.05) is 54.6 Å². The molecule has 0 radical (unpaired) electrons. The number of rotatable bonds is 8. The summed E-state index contributed by atoms with van der Waals surface area (Å²) in [4.78, 5) is 31.8. The van der Waals surface area contributed by atoms with Gasteiger partial charge in [-0.25, -0.2) is 4.79 Å². The summed E-state index contributed by atoms with van der Waals surface area (Å²) in [5.41, 5.74) is 2.30. The average molecular weight is 514 g/mol. The Labute approximate surface area is 223 Å². The molecule has 2 amide bonds. The van der Waals surface area contributed by atoms with Crippen LogP contribution in [-0.4, -0.2) is 45.2 Å². The first-order chi connectivity index (χ1) is 18.1. The van der Waals surface area contributed by atoms with E-state index in [9.17, 15) is 14.7 Å². The van der Waals surface area contributed by atoms with E-state index in [-0.39, 0.29) is 18.0 Å². The molecule has 38 heavy (non-hydrogen) atoms. The number of nitrogens with one attached hydrogen (secondary N) is 1. The van der Waals surface area contributed by atoms with Crippen molar-refractivity contribution in [3.63, 3.8) is 0 Å². The van der Waals surface area contributed by atoms with Gasteiger partial charge >= 0.3 is 6.09 Å². The number of hydrogen-bond donors (Lipinski definition) is 2. The van der Waals surface area contributed by atoms with Crippen molar-refractivity contribution in [1.29, 1.82) is 0 Å². The number of amides is 2. The van der Waals surface area contributed by atoms with Crippen LogP contribution in [0.15, 0.2) is 72.9 Å². The van der Waals surface area contributed by atoms with E-state index >= 15 is 0 Å². The molecule has 0 bridgehead atoms. The van der Waals surface area contributed by atoms with Gasteiger partial charge < -0.3 is 20.1 Å². The minimum Gasteiger partial charge on any atom is -0.438 e. The van der Waals surface area contributed by atoms with Gasteiger partial charge in [0.15, 0.2) is 0 Å². The van der Waals surface area contributed by atoms with Gasteiger partial charge in [-0.3, -0.25) is 9.78 Å². The summed E-state index contributed by atoms with van der Waals surface area (Å²) in [6.45, 7) is 5.99. The van der Waals surface area contributed by atoms with Crippen LogP contribution in [0.2, 0.25) is 0 Å². The highest BCUT2D eigenvalue weighted by atomic mass is 16.6. The zero-order chi connectivity index (χ0) is 26.9. The SMILES string of the molecule is C[C@@H](c1ccc(-c2ccc(C(=O)NC3CC3)cn2)cc1)N1CC[C@](CC(C)(C)O)(c2ccccc2)OC1=O. The van der Waals surface area contributed by atoms with Gasteiger partial charge in [-0.05, 0) is 56.9 Å². The Hall–Kier alpha value is -3.71. The molecular formula is C31H35N3O4. The minimum atomic E-state index is -0.993. The third-order valence-corrected chi connectivity index (χ3v) is 7.39. The average Bonchev–Trinajstić information content (AvgIpc) is 3.72. The maximum absolute atomic E-state index is 13.3. The van der Waals surface area contributed by atoms with Crippen LogP contribution in [-0.2, 0) is 10.3 Å². The molecule has 2 fully saturated rings. The lowest BCUT2D eigenvalue weighted by Gasteiger charge is -2.45. The smallest absolute Gasteiger partial charge is 0.411 e. The Kier molecular flexibility index (Phi) is 6.97. The molecule has 3 aromatic rings. The van der Waals surface area contributed by atoms with E-state index in [2.05, 4.69) is 10.3 Å². The van der Waals surface area contributed by atoms with Crippen LogP contribution in [0.1, 0.15) is 74.0 Å². The number of aromatic nitrogens is 1. The van der Waals surface area contributed by atoms with E-state index < -0.39 is 11.2 Å². The highest BCUT2D eigenvalue weighted by molar-refractivity contribution is 5.94. The summed E-state index contributed by atoms with van der Waals surface area (Å²) < 4.78 is 6.13. The molecule has 1 aliphatic carbocycles. The Morgan fingerprint density at radius 3 is 2.42 bits per heavy atom. The summed E-state index contributed by atoms with van der Waals surface area (Å²) in [6.07, 6.45) is 4.22. The largest absolute Gasteiger partial charge is 0.438 e. The summed E-state index contributed by atoms with van der Waals surface area (Å²) in [5, 5.41) is 13.6. The first-order valence-corrected chi connectivity index (χ1v) is 13.3. The quantitative estimate of drug-likeness (QED) is 0.409. The molecule has 7 heteroatoms. The van der Waals surface area contributed by atoms with Crippen molar-refractivity contribution in [2.75, 3.05) is 6.54 Å². The first kappa shape index (κ1) is 25.9. The number of ether oxygens (including phenoxy) is 1. The molecule has 2 atom stereocenters. The normalized spacial score (nSPS) is 20.5. The molecule has 2 heterocycles. The molecule has 2 aliphatic rings. The lowest BCUT2D eigenvalue weighted by atomic mass is 9.80. The molecule has 1 aromatic heterocycles. The van der Waals surface area contributed by atoms with Crippen LogP contribution in [0, 0.1) is 0 Å². The summed E-state index contributed by atoms with van der Waals surface area (Å²) in [7, 11) is 0. The van der Waals surface area contributed by atoms with Crippen molar-refractivity contribution in [2.45, 2.75) is 69.7 Å². The van der Waals surface area contributed by atoms with Crippen LogP contribution in [0.5, 0.6) is 0 Å². The van der Waals surface area contributed by atoms with E-state index in [1.54, 1.807) is 31.0 Å². The molecule has 1 saturated heterocycles. The monoisotopic (exact) mass is 513 g/mol. The number of nitrogens with zero attached hydrogens (tertiary/aromatic N) is 2. The maximum atomic E-state index is 13.3. The predicted octanol–water partition coefficient (Wildman–Crippen LogP) is 5.60. The summed E-state index contributed by atoms with van der Waals surface area (Å²) >= 11 is 0. The highest BCUT2D eigenvalue weighted by Gasteiger charge is 2.46. The second-order valence-electron chi connectivity index (χ2n) is 11.1. The molecule has 2 N–H and O–H groups in total. The molecule has 2 aromatic carbocycles. The van der Waals surface area contributed by atoms with Crippen molar-refractivity contribution in [3.8, 4) is 11.3 Å². The standard InChI is InChI=1S/C31H35N3O4/c1-21(34-18-17-31(38-29(34)36,20-30(2,3)37)25-7-5-4-6-8-25)22-9-11-23(12-10-22)27-16-13-24(19-32-27)28(35)33-26-14-15-26/h4-13,16,19,21,26,37H,14-15,17-18,20H2,1-3H3,(H,33,35)/t21-,31-/m0/s1.